The van der Waals surface area contributed by atoms with Crippen molar-refractivity contribution < 1.29 is 13.7 Å². The van der Waals surface area contributed by atoms with Crippen LogP contribution in [-0.4, -0.2) is 34.7 Å². The van der Waals surface area contributed by atoms with Crippen LogP contribution in [0.3, 0.4) is 0 Å². The maximum atomic E-state index is 13.4. The van der Waals surface area contributed by atoms with E-state index in [1.807, 2.05) is 0 Å². The monoisotopic (exact) mass is 198 g/mol. The molecule has 4 nitrogen and oxygen atoms in total. The first-order valence-electron chi connectivity index (χ1n) is 4.47. The lowest BCUT2D eigenvalue weighted by atomic mass is 10.1. The Hall–Kier alpha value is -1.39. The topological polar surface area (TPSA) is 46.3 Å². The van der Waals surface area contributed by atoms with E-state index < -0.39 is 5.67 Å². The molecule has 76 valence electrons. The van der Waals surface area contributed by atoms with E-state index >= 15 is 0 Å². The third kappa shape index (κ3) is 1.62. The van der Waals surface area contributed by atoms with Gasteiger partial charge in [0.05, 0.1) is 6.54 Å². The first-order valence-corrected chi connectivity index (χ1v) is 4.47. The van der Waals surface area contributed by atoms with Gasteiger partial charge in [-0.15, -0.1) is 0 Å². The Labute approximate surface area is 80.7 Å². The smallest absolute Gasteiger partial charge is 0.276 e. The van der Waals surface area contributed by atoms with Crippen molar-refractivity contribution in [2.75, 3.05) is 13.1 Å². The van der Waals surface area contributed by atoms with Crippen LogP contribution >= 0.6 is 0 Å². The van der Waals surface area contributed by atoms with Crippen molar-refractivity contribution in [2.45, 2.75) is 19.0 Å². The minimum Gasteiger partial charge on any atom is -0.364 e. The molecule has 1 saturated heterocycles. The van der Waals surface area contributed by atoms with Crippen LogP contribution in [0.4, 0.5) is 4.39 Å². The van der Waals surface area contributed by atoms with Gasteiger partial charge in [-0.25, -0.2) is 4.39 Å². The van der Waals surface area contributed by atoms with E-state index in [1.54, 1.807) is 0 Å². The van der Waals surface area contributed by atoms with Gasteiger partial charge in [0.15, 0.2) is 5.69 Å². The molecule has 0 spiro atoms. The number of likely N-dealkylation sites (tertiary alicyclic amines) is 1. The lowest BCUT2D eigenvalue weighted by Gasteiger charge is -2.15. The fourth-order valence-electron chi connectivity index (χ4n) is 1.58. The Morgan fingerprint density at radius 1 is 1.79 bits per heavy atom. The molecule has 0 aromatic carbocycles. The van der Waals surface area contributed by atoms with Crippen molar-refractivity contribution >= 4 is 5.91 Å². The first-order chi connectivity index (χ1) is 6.58. The summed E-state index contributed by atoms with van der Waals surface area (Å²) in [6, 6.07) is 1.48. The minimum atomic E-state index is -1.26. The molecule has 1 aromatic heterocycles. The standard InChI is InChI=1S/C9H11FN2O2/c1-9(10)3-4-12(6-9)8(13)7-2-5-14-11-7/h2,5H,3-4,6H2,1H3. The normalized spacial score (nSPS) is 26.9. The Morgan fingerprint density at radius 2 is 2.57 bits per heavy atom. The third-order valence-electron chi connectivity index (χ3n) is 2.37. The zero-order chi connectivity index (χ0) is 10.2. The molecule has 0 N–H and O–H groups in total. The fourth-order valence-corrected chi connectivity index (χ4v) is 1.58. The number of nitrogens with zero attached hydrogens (tertiary/aromatic N) is 2. The number of carbonyl (C=O) groups is 1. The maximum absolute atomic E-state index is 13.4. The Morgan fingerprint density at radius 3 is 3.07 bits per heavy atom. The molecule has 2 heterocycles. The number of halogens is 1. The number of carbonyl (C=O) groups excluding carboxylic acids is 1. The molecular weight excluding hydrogens is 187 g/mol. The second kappa shape index (κ2) is 3.08. The van der Waals surface area contributed by atoms with Gasteiger partial charge in [-0.1, -0.05) is 5.16 Å². The third-order valence-corrected chi connectivity index (χ3v) is 2.37. The molecule has 1 fully saturated rings. The lowest BCUT2D eigenvalue weighted by Crippen LogP contribution is -2.32. The summed E-state index contributed by atoms with van der Waals surface area (Å²) in [4.78, 5) is 13.1. The Kier molecular flexibility index (Phi) is 2.02. The maximum Gasteiger partial charge on any atom is 0.276 e. The van der Waals surface area contributed by atoms with Crippen LogP contribution < -0.4 is 0 Å². The van der Waals surface area contributed by atoms with Crippen LogP contribution in [0, 0.1) is 0 Å². The summed E-state index contributed by atoms with van der Waals surface area (Å²) >= 11 is 0. The number of hydrogen-bond acceptors (Lipinski definition) is 3. The Bertz CT molecular complexity index is 335. The predicted octanol–water partition coefficient (Wildman–Crippen LogP) is 1.25. The Balaban J connectivity index is 2.08. The summed E-state index contributed by atoms with van der Waals surface area (Å²) in [6.45, 7) is 2.08. The largest absolute Gasteiger partial charge is 0.364 e. The SMILES string of the molecule is CC1(F)CCN(C(=O)c2ccon2)C1. The summed E-state index contributed by atoms with van der Waals surface area (Å²) in [6.07, 6.45) is 1.72. The van der Waals surface area contributed by atoms with Crippen LogP contribution in [-0.2, 0) is 0 Å². The molecule has 0 bridgehead atoms. The predicted molar refractivity (Wildman–Crippen MR) is 46.5 cm³/mol. The van der Waals surface area contributed by atoms with E-state index in [9.17, 15) is 9.18 Å². The molecular formula is C9H11FN2O2. The molecule has 1 unspecified atom stereocenters. The zero-order valence-electron chi connectivity index (χ0n) is 7.86. The van der Waals surface area contributed by atoms with Crippen molar-refractivity contribution in [3.63, 3.8) is 0 Å². The van der Waals surface area contributed by atoms with E-state index in [2.05, 4.69) is 9.68 Å². The molecule has 2 rings (SSSR count). The number of amides is 1. The summed E-state index contributed by atoms with van der Waals surface area (Å²) in [7, 11) is 0. The van der Waals surface area contributed by atoms with Gasteiger partial charge in [0.2, 0.25) is 0 Å². The van der Waals surface area contributed by atoms with E-state index in [0.717, 1.165) is 0 Å². The molecule has 0 saturated carbocycles. The average molecular weight is 198 g/mol. The number of alkyl halides is 1. The summed E-state index contributed by atoms with van der Waals surface area (Å²) < 4.78 is 18.0. The van der Waals surface area contributed by atoms with E-state index in [1.165, 1.54) is 24.2 Å². The van der Waals surface area contributed by atoms with Gasteiger partial charge < -0.3 is 9.42 Å². The van der Waals surface area contributed by atoms with Crippen LogP contribution in [0.5, 0.6) is 0 Å². The van der Waals surface area contributed by atoms with E-state index in [4.69, 9.17) is 0 Å². The summed E-state index contributed by atoms with van der Waals surface area (Å²) in [5.41, 5.74) is -1.03. The highest BCUT2D eigenvalue weighted by molar-refractivity contribution is 5.92. The van der Waals surface area contributed by atoms with Crippen molar-refractivity contribution in [1.82, 2.24) is 10.1 Å². The molecule has 0 aliphatic carbocycles. The second-order valence-corrected chi connectivity index (χ2v) is 3.77. The highest BCUT2D eigenvalue weighted by Gasteiger charge is 2.36. The molecule has 1 aromatic rings. The number of aromatic nitrogens is 1. The van der Waals surface area contributed by atoms with Crippen molar-refractivity contribution in [3.05, 3.63) is 18.0 Å². The van der Waals surface area contributed by atoms with E-state index in [0.29, 0.717) is 13.0 Å². The van der Waals surface area contributed by atoms with E-state index in [-0.39, 0.29) is 18.1 Å². The van der Waals surface area contributed by atoms with Gasteiger partial charge in [-0.2, -0.15) is 0 Å². The van der Waals surface area contributed by atoms with Crippen LogP contribution in [0.1, 0.15) is 23.8 Å². The molecule has 14 heavy (non-hydrogen) atoms. The average Bonchev–Trinajstić information content (AvgIpc) is 2.72. The van der Waals surface area contributed by atoms with Crippen molar-refractivity contribution in [2.24, 2.45) is 0 Å². The summed E-state index contributed by atoms with van der Waals surface area (Å²) in [5, 5.41) is 3.52. The van der Waals surface area contributed by atoms with Crippen molar-refractivity contribution in [3.8, 4) is 0 Å². The number of rotatable bonds is 1. The highest BCUT2D eigenvalue weighted by atomic mass is 19.1. The first kappa shape index (κ1) is 9.18. The highest BCUT2D eigenvalue weighted by Crippen LogP contribution is 2.25. The molecule has 1 amide bonds. The number of hydrogen-bond donors (Lipinski definition) is 0. The lowest BCUT2D eigenvalue weighted by molar-refractivity contribution is 0.0750. The van der Waals surface area contributed by atoms with Gasteiger partial charge in [-0.3, -0.25) is 4.79 Å². The molecule has 1 aliphatic heterocycles. The zero-order valence-corrected chi connectivity index (χ0v) is 7.86. The van der Waals surface area contributed by atoms with Crippen LogP contribution in [0.2, 0.25) is 0 Å². The quantitative estimate of drug-likeness (QED) is 0.682. The van der Waals surface area contributed by atoms with Gasteiger partial charge in [0, 0.05) is 19.0 Å². The molecule has 1 atom stereocenters. The van der Waals surface area contributed by atoms with Gasteiger partial charge >= 0.3 is 0 Å². The van der Waals surface area contributed by atoms with Crippen LogP contribution in [0.25, 0.3) is 0 Å². The van der Waals surface area contributed by atoms with Gasteiger partial charge in [0.1, 0.15) is 11.9 Å². The summed E-state index contributed by atoms with van der Waals surface area (Å²) in [5.74, 6) is -0.264. The fraction of sp³-hybridized carbons (Fsp3) is 0.556. The second-order valence-electron chi connectivity index (χ2n) is 3.77. The van der Waals surface area contributed by atoms with Gasteiger partial charge in [0.25, 0.3) is 5.91 Å². The van der Waals surface area contributed by atoms with Gasteiger partial charge in [-0.05, 0) is 6.92 Å². The molecule has 1 aliphatic rings. The molecule has 0 radical (unpaired) electrons. The van der Waals surface area contributed by atoms with Crippen molar-refractivity contribution in [1.29, 1.82) is 0 Å². The minimum absolute atomic E-state index is 0.138. The van der Waals surface area contributed by atoms with Crippen LogP contribution in [0.15, 0.2) is 16.9 Å². The molecule has 5 heteroatoms.